The number of hydrogen-bond donors (Lipinski definition) is 2. The molecule has 0 fully saturated rings. The molecule has 0 saturated carbocycles. The van der Waals surface area contributed by atoms with E-state index in [1.165, 1.54) is 7.11 Å². The summed E-state index contributed by atoms with van der Waals surface area (Å²) in [7, 11) is 4.67. The maximum absolute atomic E-state index is 13.0. The zero-order chi connectivity index (χ0) is 24.3. The topological polar surface area (TPSA) is 85.9 Å². The highest BCUT2D eigenvalue weighted by molar-refractivity contribution is 6.01. The maximum Gasteiger partial charge on any atom is 0.268 e. The van der Waals surface area contributed by atoms with E-state index in [2.05, 4.69) is 10.6 Å². The van der Waals surface area contributed by atoms with Gasteiger partial charge in [0.1, 0.15) is 11.4 Å². The molecule has 0 aliphatic heterocycles. The Hall–Kier alpha value is -4.26. The van der Waals surface area contributed by atoms with E-state index in [0.717, 1.165) is 16.7 Å². The third-order valence-corrected chi connectivity index (χ3v) is 5.05. The molecule has 34 heavy (non-hydrogen) atoms. The molecule has 0 atom stereocenters. The van der Waals surface area contributed by atoms with Gasteiger partial charge in [0.2, 0.25) is 5.91 Å². The Kier molecular flexibility index (Phi) is 8.68. The molecule has 3 aromatic carbocycles. The van der Waals surface area contributed by atoms with Crippen LogP contribution >= 0.6 is 0 Å². The molecule has 3 rings (SSSR count). The lowest BCUT2D eigenvalue weighted by atomic mass is 10.1. The Morgan fingerprint density at radius 2 is 1.50 bits per heavy atom. The molecule has 7 heteroatoms. The van der Waals surface area contributed by atoms with Crippen LogP contribution in [0.15, 0.2) is 78.5 Å². The molecule has 0 aliphatic rings. The molecule has 0 aromatic heterocycles. The van der Waals surface area contributed by atoms with Crippen LogP contribution in [-0.2, 0) is 22.6 Å². The first kappa shape index (κ1) is 24.4. The van der Waals surface area contributed by atoms with Crippen LogP contribution in [0, 0.1) is 0 Å². The minimum Gasteiger partial charge on any atom is -0.497 e. The molecule has 2 N–H and O–H groups in total. The highest BCUT2D eigenvalue weighted by atomic mass is 16.5. The lowest BCUT2D eigenvalue weighted by Crippen LogP contribution is -2.35. The first-order valence-electron chi connectivity index (χ1n) is 10.7. The zero-order valence-corrected chi connectivity index (χ0v) is 19.5. The zero-order valence-electron chi connectivity index (χ0n) is 19.5. The van der Waals surface area contributed by atoms with Gasteiger partial charge in [-0.2, -0.15) is 0 Å². The van der Waals surface area contributed by atoms with Crippen LogP contribution in [0.1, 0.15) is 16.7 Å². The van der Waals surface area contributed by atoms with Gasteiger partial charge in [0, 0.05) is 6.54 Å². The first-order valence-corrected chi connectivity index (χ1v) is 10.7. The van der Waals surface area contributed by atoms with Crippen LogP contribution in [0.2, 0.25) is 0 Å². The summed E-state index contributed by atoms with van der Waals surface area (Å²) in [6, 6.07) is 22.0. The van der Waals surface area contributed by atoms with E-state index in [0.29, 0.717) is 23.8 Å². The lowest BCUT2D eigenvalue weighted by Gasteiger charge is -2.13. The summed E-state index contributed by atoms with van der Waals surface area (Å²) < 4.78 is 15.7. The van der Waals surface area contributed by atoms with E-state index in [1.54, 1.807) is 50.6 Å². The number of carbonyl (C=O) groups excluding carboxylic acids is 2. The Morgan fingerprint density at radius 1 is 0.794 bits per heavy atom. The van der Waals surface area contributed by atoms with Crippen molar-refractivity contribution in [3.8, 4) is 17.2 Å². The van der Waals surface area contributed by atoms with E-state index >= 15 is 0 Å². The third kappa shape index (κ3) is 6.87. The fourth-order valence-electron chi connectivity index (χ4n) is 3.27. The summed E-state index contributed by atoms with van der Waals surface area (Å²) in [6.45, 7) is 0.338. The van der Waals surface area contributed by atoms with Crippen LogP contribution in [0.3, 0.4) is 0 Å². The summed E-state index contributed by atoms with van der Waals surface area (Å²) in [4.78, 5) is 25.8. The van der Waals surface area contributed by atoms with Crippen molar-refractivity contribution >= 4 is 17.9 Å². The molecule has 176 valence electrons. The summed E-state index contributed by atoms with van der Waals surface area (Å²) in [5.41, 5.74) is 2.57. The van der Waals surface area contributed by atoms with Gasteiger partial charge in [-0.05, 0) is 47.0 Å². The average Bonchev–Trinajstić information content (AvgIpc) is 2.87. The standard InChI is InChI=1S/C27H28N2O5/c1-32-22-12-9-19(10-13-22)15-23(27(31)28-18-20-7-5-4-6-8-20)29-26(30)17-21-11-14-24(33-2)25(16-21)34-3/h4-16H,17-18H2,1-3H3,(H,28,31)(H,29,30)/b23-15+. The van der Waals surface area contributed by atoms with E-state index in [-0.39, 0.29) is 23.9 Å². The van der Waals surface area contributed by atoms with Crippen molar-refractivity contribution in [2.75, 3.05) is 21.3 Å². The molecule has 0 radical (unpaired) electrons. The van der Waals surface area contributed by atoms with Crippen molar-refractivity contribution in [3.63, 3.8) is 0 Å². The monoisotopic (exact) mass is 460 g/mol. The number of nitrogens with one attached hydrogen (secondary N) is 2. The van der Waals surface area contributed by atoms with Crippen molar-refractivity contribution in [1.29, 1.82) is 0 Å². The van der Waals surface area contributed by atoms with Crippen molar-refractivity contribution in [2.24, 2.45) is 0 Å². The number of rotatable bonds is 10. The van der Waals surface area contributed by atoms with Gasteiger partial charge in [-0.3, -0.25) is 9.59 Å². The summed E-state index contributed by atoms with van der Waals surface area (Å²) in [6.07, 6.45) is 1.69. The largest absolute Gasteiger partial charge is 0.497 e. The van der Waals surface area contributed by atoms with Gasteiger partial charge in [0.15, 0.2) is 11.5 Å². The number of hydrogen-bond acceptors (Lipinski definition) is 5. The minimum atomic E-state index is -0.389. The smallest absolute Gasteiger partial charge is 0.268 e. The van der Waals surface area contributed by atoms with E-state index in [9.17, 15) is 9.59 Å². The fraction of sp³-hybridized carbons (Fsp3) is 0.185. The molecule has 3 aromatic rings. The predicted molar refractivity (Wildman–Crippen MR) is 131 cm³/mol. The molecule has 0 bridgehead atoms. The molecule has 0 spiro atoms. The normalized spacial score (nSPS) is 10.9. The molecule has 2 amide bonds. The van der Waals surface area contributed by atoms with Crippen LogP contribution in [0.5, 0.6) is 17.2 Å². The fourth-order valence-corrected chi connectivity index (χ4v) is 3.27. The molecular weight excluding hydrogens is 432 g/mol. The maximum atomic E-state index is 13.0. The van der Waals surface area contributed by atoms with E-state index < -0.39 is 0 Å². The second-order valence-corrected chi connectivity index (χ2v) is 7.41. The summed E-state index contributed by atoms with van der Waals surface area (Å²) in [5.74, 6) is 1.08. The predicted octanol–water partition coefficient (Wildman–Crippen LogP) is 3.73. The van der Waals surface area contributed by atoms with Gasteiger partial charge in [0.25, 0.3) is 5.91 Å². The molecule has 0 aliphatic carbocycles. The van der Waals surface area contributed by atoms with Crippen LogP contribution in [0.25, 0.3) is 6.08 Å². The molecule has 0 heterocycles. The van der Waals surface area contributed by atoms with Gasteiger partial charge < -0.3 is 24.8 Å². The van der Waals surface area contributed by atoms with Crippen molar-refractivity contribution in [3.05, 3.63) is 95.2 Å². The second kappa shape index (κ2) is 12.1. The van der Waals surface area contributed by atoms with Gasteiger partial charge >= 0.3 is 0 Å². The Labute approximate surface area is 199 Å². The number of amides is 2. The molecule has 7 nitrogen and oxygen atoms in total. The second-order valence-electron chi connectivity index (χ2n) is 7.41. The van der Waals surface area contributed by atoms with Crippen LogP contribution in [-0.4, -0.2) is 33.1 Å². The number of ether oxygens (including phenoxy) is 3. The molecular formula is C27H28N2O5. The van der Waals surface area contributed by atoms with Crippen molar-refractivity contribution < 1.29 is 23.8 Å². The Balaban J connectivity index is 1.77. The first-order chi connectivity index (χ1) is 16.5. The van der Waals surface area contributed by atoms with E-state index in [1.807, 2.05) is 42.5 Å². The van der Waals surface area contributed by atoms with Crippen molar-refractivity contribution in [1.82, 2.24) is 10.6 Å². The number of benzene rings is 3. The van der Waals surface area contributed by atoms with Gasteiger partial charge in [-0.1, -0.05) is 48.5 Å². The third-order valence-electron chi connectivity index (χ3n) is 5.05. The SMILES string of the molecule is COc1ccc(/C=C(/NC(=O)Cc2ccc(OC)c(OC)c2)C(=O)NCc2ccccc2)cc1. The Morgan fingerprint density at radius 3 is 2.15 bits per heavy atom. The minimum absolute atomic E-state index is 0.0618. The number of carbonyl (C=O) groups is 2. The number of methoxy groups -OCH3 is 3. The van der Waals surface area contributed by atoms with Gasteiger partial charge in [-0.25, -0.2) is 0 Å². The summed E-state index contributed by atoms with van der Waals surface area (Å²) >= 11 is 0. The highest BCUT2D eigenvalue weighted by Crippen LogP contribution is 2.27. The Bertz CT molecular complexity index is 1140. The van der Waals surface area contributed by atoms with Crippen LogP contribution < -0.4 is 24.8 Å². The summed E-state index contributed by atoms with van der Waals surface area (Å²) in [5, 5.41) is 5.61. The van der Waals surface area contributed by atoms with Crippen molar-refractivity contribution in [2.45, 2.75) is 13.0 Å². The lowest BCUT2D eigenvalue weighted by molar-refractivity contribution is -0.123. The highest BCUT2D eigenvalue weighted by Gasteiger charge is 2.15. The van der Waals surface area contributed by atoms with E-state index in [4.69, 9.17) is 14.2 Å². The molecule has 0 saturated heterocycles. The average molecular weight is 461 g/mol. The quantitative estimate of drug-likeness (QED) is 0.451. The van der Waals surface area contributed by atoms with Crippen LogP contribution in [0.4, 0.5) is 0 Å². The van der Waals surface area contributed by atoms with Gasteiger partial charge in [-0.15, -0.1) is 0 Å². The molecule has 0 unspecified atom stereocenters. The van der Waals surface area contributed by atoms with Gasteiger partial charge in [0.05, 0.1) is 27.8 Å².